The highest BCUT2D eigenvalue weighted by Crippen LogP contribution is 2.62. The first-order valence-corrected chi connectivity index (χ1v) is 24.8. The van der Waals surface area contributed by atoms with Crippen molar-refractivity contribution in [3.8, 4) is 28.7 Å². The summed E-state index contributed by atoms with van der Waals surface area (Å²) in [6.45, 7) is 8.29. The van der Waals surface area contributed by atoms with E-state index in [1.54, 1.807) is 29.2 Å². The normalized spacial score (nSPS) is 21.9. The van der Waals surface area contributed by atoms with Gasteiger partial charge in [0.05, 0.1) is 29.8 Å². The highest BCUT2D eigenvalue weighted by Gasteiger charge is 2.66. The van der Waals surface area contributed by atoms with E-state index in [1.165, 1.54) is 12.1 Å². The van der Waals surface area contributed by atoms with Crippen molar-refractivity contribution < 1.29 is 53.2 Å². The fraction of sp³-hybridized carbons (Fsp3) is 0.368. The molecule has 5 aromatic rings. The lowest BCUT2D eigenvalue weighted by atomic mass is 9.55. The van der Waals surface area contributed by atoms with Gasteiger partial charge in [-0.1, -0.05) is 72.6 Å². The third-order valence-electron chi connectivity index (χ3n) is 14.1. The zero-order chi connectivity index (χ0) is 50.0. The minimum absolute atomic E-state index is 0.00860. The molecular weight excluding hydrogens is 919 g/mol. The summed E-state index contributed by atoms with van der Waals surface area (Å²) in [5.41, 5.74) is 3.68. The van der Waals surface area contributed by atoms with Crippen LogP contribution < -0.4 is 18.9 Å². The van der Waals surface area contributed by atoms with Crippen molar-refractivity contribution in [3.05, 3.63) is 167 Å². The number of rotatable bonds is 23. The van der Waals surface area contributed by atoms with Crippen LogP contribution in [0.25, 0.3) is 10.8 Å². The fourth-order valence-corrected chi connectivity index (χ4v) is 10.8. The Kier molecular flexibility index (Phi) is 15.8. The zero-order valence-electron chi connectivity index (χ0n) is 40.3. The van der Waals surface area contributed by atoms with E-state index in [2.05, 4.69) is 37.4 Å². The Morgan fingerprint density at radius 2 is 1.58 bits per heavy atom. The minimum atomic E-state index is -1.57. The standard InChI is InChI=1S/C57H61N3O12/c1-3-5-29-66-56(63)59(35-39-18-24-51-52(30-39)68-37-67-51)53-34-49(58-70-36-38-16-20-43(21-17-38)60(64)65)47-32-42(14-8-10-26-61)46(15-9-11-27-62)54-48-33-45(71-44-22-19-40-12-6-7-13-41(40)31-44)23-25-50(48)72-57(53,55(47)54)69-28-4-2/h3-4,6-7,12-13,16-25,30-33,42,46,53-55,61-62H,1-2,5,8-11,14-15,26-29,34-37H2/t42-,46+,53-,54+,55+,57+/m0/s1. The average Bonchev–Trinajstić information content (AvgIpc) is 3.87. The molecule has 0 aromatic heterocycles. The van der Waals surface area contributed by atoms with Crippen LogP contribution in [-0.2, 0) is 27.5 Å². The van der Waals surface area contributed by atoms with Crippen molar-refractivity contribution in [3.63, 3.8) is 0 Å². The number of fused-ring (bicyclic) bond motifs is 4. The number of unbranched alkanes of at least 4 members (excludes halogenated alkanes) is 2. The van der Waals surface area contributed by atoms with Crippen LogP contribution in [-0.4, -0.2) is 76.9 Å². The predicted molar refractivity (Wildman–Crippen MR) is 271 cm³/mol. The summed E-state index contributed by atoms with van der Waals surface area (Å²) in [5, 5.41) is 38.7. The third kappa shape index (κ3) is 10.7. The SMILES string of the molecule is C=CCCOC(=O)N(Cc1ccc2c(c1)OCO2)[C@H]1CC(=NOCc2ccc([N+](=O)[O-])cc2)C2=C[C@H](CCCCO)[C@@H](CCCCO)[C@@H]3c4cc(Oc5ccc6ccccc6c5)ccc4O[C@@]1(OCC=C)[C@H]23. The molecule has 4 aliphatic rings. The van der Waals surface area contributed by atoms with Crippen LogP contribution in [0.3, 0.4) is 0 Å². The summed E-state index contributed by atoms with van der Waals surface area (Å²) in [7, 11) is 0. The van der Waals surface area contributed by atoms with Crippen molar-refractivity contribution in [2.45, 2.75) is 82.3 Å². The van der Waals surface area contributed by atoms with Gasteiger partial charge in [-0.3, -0.25) is 15.0 Å². The molecule has 0 saturated heterocycles. The molecule has 1 fully saturated rings. The summed E-state index contributed by atoms with van der Waals surface area (Å²) in [5.74, 6) is 0.406. The Labute approximate surface area is 419 Å². The highest BCUT2D eigenvalue weighted by atomic mass is 16.7. The summed E-state index contributed by atoms with van der Waals surface area (Å²) in [6, 6.07) is 30.8. The monoisotopic (exact) mass is 979 g/mol. The number of carbonyl (C=O) groups is 1. The largest absolute Gasteiger partial charge is 0.459 e. The first-order valence-electron chi connectivity index (χ1n) is 24.8. The predicted octanol–water partition coefficient (Wildman–Crippen LogP) is 11.3. The van der Waals surface area contributed by atoms with Gasteiger partial charge in [-0.15, -0.1) is 13.2 Å². The van der Waals surface area contributed by atoms with E-state index >= 15 is 0 Å². The van der Waals surface area contributed by atoms with Crippen molar-refractivity contribution in [1.82, 2.24) is 4.90 Å². The van der Waals surface area contributed by atoms with Gasteiger partial charge in [0.25, 0.3) is 5.69 Å². The molecule has 2 heterocycles. The van der Waals surface area contributed by atoms with Crippen molar-refractivity contribution in [2.24, 2.45) is 22.9 Å². The molecule has 0 spiro atoms. The van der Waals surface area contributed by atoms with Crippen molar-refractivity contribution >= 4 is 28.3 Å². The molecule has 0 unspecified atom stereocenters. The second-order valence-electron chi connectivity index (χ2n) is 18.6. The van der Waals surface area contributed by atoms with Gasteiger partial charge in [0.2, 0.25) is 12.6 Å². The number of nitro benzene ring substituents is 1. The number of hydrogen-bond acceptors (Lipinski definition) is 13. The quantitative estimate of drug-likeness (QED) is 0.0274. The maximum absolute atomic E-state index is 14.9. The number of hydrogen-bond donors (Lipinski definition) is 2. The van der Waals surface area contributed by atoms with Gasteiger partial charge < -0.3 is 43.5 Å². The molecule has 15 heteroatoms. The Morgan fingerprint density at radius 3 is 2.36 bits per heavy atom. The van der Waals surface area contributed by atoms with Gasteiger partial charge in [-0.25, -0.2) is 4.79 Å². The molecule has 376 valence electrons. The molecule has 1 saturated carbocycles. The van der Waals surface area contributed by atoms with Crippen LogP contribution in [0.4, 0.5) is 10.5 Å². The summed E-state index contributed by atoms with van der Waals surface area (Å²) in [4.78, 5) is 33.9. The molecule has 1 amide bonds. The Balaban J connectivity index is 1.23. The Bertz CT molecular complexity index is 2810. The molecule has 2 aliphatic carbocycles. The molecule has 6 atom stereocenters. The van der Waals surface area contributed by atoms with Crippen LogP contribution >= 0.6 is 0 Å². The summed E-state index contributed by atoms with van der Waals surface area (Å²) in [6.07, 6.45) is 9.77. The number of amides is 1. The van der Waals surface area contributed by atoms with E-state index in [0.717, 1.165) is 53.2 Å². The van der Waals surface area contributed by atoms with Gasteiger partial charge in [0.15, 0.2) is 11.5 Å². The van der Waals surface area contributed by atoms with Crippen LogP contribution in [0.5, 0.6) is 28.7 Å². The van der Waals surface area contributed by atoms with E-state index in [9.17, 15) is 25.1 Å². The van der Waals surface area contributed by atoms with Gasteiger partial charge in [-0.05, 0) is 126 Å². The topological polar surface area (TPSA) is 181 Å². The molecule has 2 aliphatic heterocycles. The number of benzene rings is 5. The Morgan fingerprint density at radius 1 is 0.847 bits per heavy atom. The fourth-order valence-electron chi connectivity index (χ4n) is 10.8. The second kappa shape index (κ2) is 22.9. The van der Waals surface area contributed by atoms with E-state index in [-0.39, 0.29) is 76.2 Å². The zero-order valence-corrected chi connectivity index (χ0v) is 40.3. The number of aliphatic hydroxyl groups is 2. The Hall–Kier alpha value is -7.20. The van der Waals surface area contributed by atoms with E-state index in [4.69, 9.17) is 38.4 Å². The lowest BCUT2D eigenvalue weighted by molar-refractivity contribution is -0.384. The van der Waals surface area contributed by atoms with Crippen LogP contribution in [0, 0.1) is 27.9 Å². The maximum atomic E-state index is 14.9. The van der Waals surface area contributed by atoms with Gasteiger partial charge in [0.1, 0.15) is 29.9 Å². The number of oxime groups is 1. The van der Waals surface area contributed by atoms with Crippen LogP contribution in [0.15, 0.2) is 145 Å². The number of ether oxygens (including phenoxy) is 6. The van der Waals surface area contributed by atoms with Crippen molar-refractivity contribution in [1.29, 1.82) is 0 Å². The lowest BCUT2D eigenvalue weighted by Crippen LogP contribution is -2.70. The van der Waals surface area contributed by atoms with E-state index in [0.29, 0.717) is 59.3 Å². The van der Waals surface area contributed by atoms with Gasteiger partial charge in [-0.2, -0.15) is 0 Å². The number of nitro groups is 1. The second-order valence-corrected chi connectivity index (χ2v) is 18.6. The highest BCUT2D eigenvalue weighted by molar-refractivity contribution is 6.03. The molecule has 5 aromatic carbocycles. The number of aliphatic hydroxyl groups excluding tert-OH is 2. The average molecular weight is 980 g/mol. The molecule has 72 heavy (non-hydrogen) atoms. The first kappa shape index (κ1) is 49.8. The van der Waals surface area contributed by atoms with E-state index in [1.807, 2.05) is 60.7 Å². The number of nitrogens with zero attached hydrogens (tertiary/aromatic N) is 3. The number of non-ortho nitro benzene ring substituents is 1. The van der Waals surface area contributed by atoms with Gasteiger partial charge >= 0.3 is 6.09 Å². The summed E-state index contributed by atoms with van der Waals surface area (Å²) >= 11 is 0. The molecule has 15 nitrogen and oxygen atoms in total. The molecule has 0 bridgehead atoms. The third-order valence-corrected chi connectivity index (χ3v) is 14.1. The first-order chi connectivity index (χ1) is 35.2. The van der Waals surface area contributed by atoms with Crippen molar-refractivity contribution in [2.75, 3.05) is 33.2 Å². The minimum Gasteiger partial charge on any atom is -0.459 e. The van der Waals surface area contributed by atoms with Gasteiger partial charge in [0, 0.05) is 49.8 Å². The van der Waals surface area contributed by atoms with Crippen LogP contribution in [0.1, 0.15) is 74.0 Å². The molecule has 0 radical (unpaired) electrons. The lowest BCUT2D eigenvalue weighted by Gasteiger charge is -2.59. The summed E-state index contributed by atoms with van der Waals surface area (Å²) < 4.78 is 38.8. The van der Waals surface area contributed by atoms with E-state index < -0.39 is 28.8 Å². The smallest absolute Gasteiger partial charge is 0.410 e. The number of carbonyl (C=O) groups excluding carboxylic acids is 1. The molecule has 2 N–H and O–H groups in total. The number of allylic oxidation sites excluding steroid dienone is 1. The van der Waals surface area contributed by atoms with Crippen LogP contribution in [0.2, 0.25) is 0 Å². The maximum Gasteiger partial charge on any atom is 0.410 e. The molecule has 9 rings (SSSR count). The molecular formula is C57H61N3O12.